The number of hydrogen-bond donors (Lipinski definition) is 1. The fraction of sp³-hybridized carbons (Fsp3) is 0.600. The molecule has 0 bridgehead atoms. The molecule has 5 nitrogen and oxygen atoms in total. The van der Waals surface area contributed by atoms with Gasteiger partial charge in [-0.1, -0.05) is 24.3 Å². The first-order valence-electron chi connectivity index (χ1n) is 9.52. The summed E-state index contributed by atoms with van der Waals surface area (Å²) in [6, 6.07) is 7.78. The summed E-state index contributed by atoms with van der Waals surface area (Å²) < 4.78 is 30.0. The van der Waals surface area contributed by atoms with E-state index in [9.17, 15) is 13.6 Å². The highest BCUT2D eigenvalue weighted by atomic mass is 19.3. The number of nitrogens with two attached hydrogens (primary N) is 1. The van der Waals surface area contributed by atoms with E-state index in [0.29, 0.717) is 32.1 Å². The van der Waals surface area contributed by atoms with Crippen LogP contribution in [0, 0.1) is 5.41 Å². The van der Waals surface area contributed by atoms with E-state index < -0.39 is 23.7 Å². The van der Waals surface area contributed by atoms with Gasteiger partial charge in [-0.25, -0.2) is 4.99 Å². The molecule has 1 atom stereocenters. The monoisotopic (exact) mass is 377 g/mol. The van der Waals surface area contributed by atoms with Crippen LogP contribution in [-0.4, -0.2) is 35.5 Å². The lowest BCUT2D eigenvalue weighted by atomic mass is 9.61. The Balaban J connectivity index is 1.77. The Morgan fingerprint density at radius 3 is 2.52 bits per heavy atom. The standard InChI is InChI=1S/C20H25F2N3O2/c1-12(2)25-16(26)20(24-18(25)23)15-6-4-3-5-13(15)11-19(20)9-7-14(8-10-19)27-17(21)22/h3-6,12,14,17H,7-11H2,1-2H3,(H2,23,24)/t14-,19-,20?. The second-order valence-electron chi connectivity index (χ2n) is 8.16. The summed E-state index contributed by atoms with van der Waals surface area (Å²) >= 11 is 0. The molecule has 1 aliphatic heterocycles. The third-order valence-corrected chi connectivity index (χ3v) is 6.46. The number of aliphatic imine (C=N–C) groups is 1. The first-order chi connectivity index (χ1) is 12.8. The number of amides is 1. The minimum atomic E-state index is -2.77. The molecule has 3 aliphatic rings. The van der Waals surface area contributed by atoms with Crippen LogP contribution < -0.4 is 5.73 Å². The third kappa shape index (κ3) is 2.51. The molecule has 1 fully saturated rings. The number of guanidine groups is 1. The van der Waals surface area contributed by atoms with Crippen LogP contribution in [0.2, 0.25) is 0 Å². The molecule has 27 heavy (non-hydrogen) atoms. The molecule has 2 N–H and O–H groups in total. The van der Waals surface area contributed by atoms with Crippen molar-refractivity contribution in [1.29, 1.82) is 0 Å². The van der Waals surface area contributed by atoms with Crippen molar-refractivity contribution < 1.29 is 18.3 Å². The lowest BCUT2D eigenvalue weighted by Crippen LogP contribution is -2.53. The van der Waals surface area contributed by atoms with Crippen molar-refractivity contribution in [3.05, 3.63) is 35.4 Å². The van der Waals surface area contributed by atoms with Gasteiger partial charge >= 0.3 is 6.61 Å². The summed E-state index contributed by atoms with van der Waals surface area (Å²) in [5, 5.41) is 0. The molecule has 0 aromatic heterocycles. The van der Waals surface area contributed by atoms with E-state index in [1.165, 1.54) is 0 Å². The molecular weight excluding hydrogens is 352 g/mol. The van der Waals surface area contributed by atoms with Gasteiger partial charge in [-0.15, -0.1) is 0 Å². The van der Waals surface area contributed by atoms with E-state index in [-0.39, 0.29) is 17.9 Å². The largest absolute Gasteiger partial charge is 0.369 e. The maximum atomic E-state index is 13.7. The van der Waals surface area contributed by atoms with Crippen LogP contribution in [0.15, 0.2) is 29.3 Å². The molecule has 146 valence electrons. The number of benzene rings is 1. The number of alkyl halides is 2. The second-order valence-corrected chi connectivity index (χ2v) is 8.16. The average molecular weight is 377 g/mol. The van der Waals surface area contributed by atoms with E-state index in [1.54, 1.807) is 4.90 Å². The highest BCUT2D eigenvalue weighted by molar-refractivity contribution is 6.08. The van der Waals surface area contributed by atoms with Crippen LogP contribution in [0.5, 0.6) is 0 Å². The van der Waals surface area contributed by atoms with Gasteiger partial charge in [0.15, 0.2) is 11.5 Å². The molecule has 1 aromatic rings. The zero-order valence-corrected chi connectivity index (χ0v) is 15.6. The number of carbonyl (C=O) groups is 1. The number of fused-ring (bicyclic) bond motifs is 3. The van der Waals surface area contributed by atoms with Crippen LogP contribution in [0.3, 0.4) is 0 Å². The van der Waals surface area contributed by atoms with E-state index in [1.807, 2.05) is 38.1 Å². The van der Waals surface area contributed by atoms with Crippen molar-refractivity contribution >= 4 is 11.9 Å². The number of carbonyl (C=O) groups excluding carboxylic acids is 1. The average Bonchev–Trinajstić information content (AvgIpc) is 3.03. The molecule has 0 radical (unpaired) electrons. The molecule has 1 saturated carbocycles. The zero-order chi connectivity index (χ0) is 19.4. The van der Waals surface area contributed by atoms with Crippen molar-refractivity contribution in [2.45, 2.75) is 70.2 Å². The minimum absolute atomic E-state index is 0.0897. The number of hydrogen-bond acceptors (Lipinski definition) is 4. The summed E-state index contributed by atoms with van der Waals surface area (Å²) in [7, 11) is 0. The normalized spacial score (nSPS) is 32.8. The summed E-state index contributed by atoms with van der Waals surface area (Å²) in [6.07, 6.45) is 2.42. The Morgan fingerprint density at radius 2 is 1.93 bits per heavy atom. The number of rotatable bonds is 3. The Kier molecular flexibility index (Phi) is 4.25. The fourth-order valence-electron chi connectivity index (χ4n) is 5.34. The zero-order valence-electron chi connectivity index (χ0n) is 15.6. The molecule has 1 amide bonds. The van der Waals surface area contributed by atoms with Gasteiger partial charge in [-0.05, 0) is 57.1 Å². The SMILES string of the molecule is CC(C)N1C(=O)C2(N=C1N)c1ccccc1C[C@]21CC[C@@H](OC(F)F)CC1. The summed E-state index contributed by atoms with van der Waals surface area (Å²) in [5.41, 5.74) is 6.72. The van der Waals surface area contributed by atoms with Gasteiger partial charge in [-0.3, -0.25) is 9.69 Å². The summed E-state index contributed by atoms with van der Waals surface area (Å²) in [5.74, 6) is 0.158. The maximum Gasteiger partial charge on any atom is 0.345 e. The number of ether oxygens (including phenoxy) is 1. The smallest absolute Gasteiger partial charge is 0.345 e. The van der Waals surface area contributed by atoms with Crippen LogP contribution in [0.25, 0.3) is 0 Å². The van der Waals surface area contributed by atoms with E-state index in [2.05, 4.69) is 0 Å². The quantitative estimate of drug-likeness (QED) is 0.880. The Labute approximate surface area is 157 Å². The predicted octanol–water partition coefficient (Wildman–Crippen LogP) is 3.17. The summed E-state index contributed by atoms with van der Waals surface area (Å²) in [6.45, 7) is 1.07. The van der Waals surface area contributed by atoms with Gasteiger partial charge < -0.3 is 10.5 Å². The number of halogens is 2. The maximum absolute atomic E-state index is 13.7. The highest BCUT2D eigenvalue weighted by Gasteiger charge is 2.66. The van der Waals surface area contributed by atoms with Gasteiger partial charge in [0, 0.05) is 11.5 Å². The Bertz CT molecular complexity index is 787. The van der Waals surface area contributed by atoms with Crippen LogP contribution in [0.1, 0.15) is 50.7 Å². The lowest BCUT2D eigenvalue weighted by Gasteiger charge is -2.45. The molecule has 1 aromatic carbocycles. The Hall–Kier alpha value is -2.02. The molecular formula is C20H25F2N3O2. The van der Waals surface area contributed by atoms with Crippen molar-refractivity contribution in [2.75, 3.05) is 0 Å². The van der Waals surface area contributed by atoms with Crippen molar-refractivity contribution in [3.8, 4) is 0 Å². The second kappa shape index (κ2) is 6.26. The van der Waals surface area contributed by atoms with Gasteiger partial charge in [0.1, 0.15) is 0 Å². The Morgan fingerprint density at radius 1 is 1.26 bits per heavy atom. The molecule has 7 heteroatoms. The first-order valence-corrected chi connectivity index (χ1v) is 9.52. The topological polar surface area (TPSA) is 67.9 Å². The van der Waals surface area contributed by atoms with Gasteiger partial charge in [0.05, 0.1) is 6.10 Å². The van der Waals surface area contributed by atoms with Crippen LogP contribution in [0.4, 0.5) is 8.78 Å². The van der Waals surface area contributed by atoms with Gasteiger partial charge in [0.25, 0.3) is 5.91 Å². The van der Waals surface area contributed by atoms with E-state index in [0.717, 1.165) is 11.1 Å². The third-order valence-electron chi connectivity index (χ3n) is 6.46. The molecule has 1 unspecified atom stereocenters. The molecule has 1 heterocycles. The summed E-state index contributed by atoms with van der Waals surface area (Å²) in [4.78, 5) is 20.0. The van der Waals surface area contributed by atoms with E-state index in [4.69, 9.17) is 15.5 Å². The van der Waals surface area contributed by atoms with Crippen LogP contribution in [-0.2, 0) is 21.5 Å². The number of nitrogens with zero attached hydrogens (tertiary/aromatic N) is 2. The minimum Gasteiger partial charge on any atom is -0.369 e. The molecule has 4 rings (SSSR count). The highest BCUT2D eigenvalue weighted by Crippen LogP contribution is 2.62. The lowest BCUT2D eigenvalue weighted by molar-refractivity contribution is -0.179. The molecule has 0 saturated heterocycles. The van der Waals surface area contributed by atoms with E-state index >= 15 is 0 Å². The molecule has 2 spiro atoms. The predicted molar refractivity (Wildman–Crippen MR) is 97.2 cm³/mol. The van der Waals surface area contributed by atoms with Gasteiger partial charge in [0.2, 0.25) is 0 Å². The van der Waals surface area contributed by atoms with Crippen molar-refractivity contribution in [2.24, 2.45) is 16.1 Å². The van der Waals surface area contributed by atoms with Crippen LogP contribution >= 0.6 is 0 Å². The van der Waals surface area contributed by atoms with Crippen molar-refractivity contribution in [3.63, 3.8) is 0 Å². The first kappa shape index (κ1) is 18.3. The van der Waals surface area contributed by atoms with Crippen molar-refractivity contribution in [1.82, 2.24) is 4.90 Å². The molecule has 2 aliphatic carbocycles. The van der Waals surface area contributed by atoms with Gasteiger partial charge in [-0.2, -0.15) is 8.78 Å². The fourth-order valence-corrected chi connectivity index (χ4v) is 5.34.